The summed E-state index contributed by atoms with van der Waals surface area (Å²) in [6.07, 6.45) is 1.65. The molecule has 0 atom stereocenters. The van der Waals surface area contributed by atoms with Gasteiger partial charge in [-0.1, -0.05) is 48.2 Å². The summed E-state index contributed by atoms with van der Waals surface area (Å²) < 4.78 is 2.60. The second-order valence-corrected chi connectivity index (χ2v) is 6.65. The topological polar surface area (TPSA) is 56.0 Å². The first kappa shape index (κ1) is 17.8. The van der Waals surface area contributed by atoms with E-state index in [0.717, 1.165) is 15.1 Å². The van der Waals surface area contributed by atoms with Gasteiger partial charge in [-0.25, -0.2) is 4.79 Å². The molecule has 0 amide bonds. The van der Waals surface area contributed by atoms with E-state index >= 15 is 0 Å². The van der Waals surface area contributed by atoms with Gasteiger partial charge in [0.15, 0.2) is 0 Å². The Labute approximate surface area is 154 Å². The highest BCUT2D eigenvalue weighted by atomic mass is 32.2. The van der Waals surface area contributed by atoms with Gasteiger partial charge in [0.2, 0.25) is 0 Å². The highest BCUT2D eigenvalue weighted by Gasteiger charge is 2.05. The van der Waals surface area contributed by atoms with Crippen LogP contribution in [0.25, 0.3) is 11.6 Å². The Morgan fingerprint density at radius 2 is 1.50 bits per heavy atom. The maximum atomic E-state index is 12.6. The minimum absolute atomic E-state index is 0.337. The van der Waals surface area contributed by atoms with Gasteiger partial charge in [-0.15, -0.1) is 0 Å². The average molecular weight is 365 g/mol. The van der Waals surface area contributed by atoms with Crippen molar-refractivity contribution in [3.05, 3.63) is 92.1 Å². The number of aromatic nitrogens is 2. The van der Waals surface area contributed by atoms with Crippen LogP contribution in [0.4, 0.5) is 5.69 Å². The maximum absolute atomic E-state index is 12.6. The third-order valence-corrected chi connectivity index (χ3v) is 4.84. The number of hydrogen-bond acceptors (Lipinski definition) is 4. The van der Waals surface area contributed by atoms with E-state index < -0.39 is 0 Å². The molecule has 0 bridgehead atoms. The van der Waals surface area contributed by atoms with E-state index in [1.54, 1.807) is 13.2 Å². The summed E-state index contributed by atoms with van der Waals surface area (Å²) in [7, 11) is 3.15. The Hall–Kier alpha value is -2.99. The Morgan fingerprint density at radius 3 is 2.15 bits per heavy atom. The first-order chi connectivity index (χ1) is 12.6. The summed E-state index contributed by atoms with van der Waals surface area (Å²) in [4.78, 5) is 26.0. The molecule has 0 fully saturated rings. The molecule has 1 aromatic heterocycles. The zero-order chi connectivity index (χ0) is 18.5. The van der Waals surface area contributed by atoms with Crippen LogP contribution >= 0.6 is 11.8 Å². The van der Waals surface area contributed by atoms with E-state index in [-0.39, 0.29) is 11.2 Å². The Bertz CT molecular complexity index is 1130. The van der Waals surface area contributed by atoms with E-state index in [1.807, 2.05) is 66.1 Å². The molecule has 1 heterocycles. The molecule has 0 radical (unpaired) electrons. The zero-order valence-corrected chi connectivity index (χ0v) is 15.4. The first-order valence-corrected chi connectivity index (χ1v) is 8.95. The van der Waals surface area contributed by atoms with Crippen molar-refractivity contribution in [1.29, 1.82) is 0 Å². The van der Waals surface area contributed by atoms with E-state index in [4.69, 9.17) is 0 Å². The second kappa shape index (κ2) is 7.93. The van der Waals surface area contributed by atoms with Gasteiger partial charge in [0, 0.05) is 36.3 Å². The highest BCUT2D eigenvalue weighted by molar-refractivity contribution is 8.06. The van der Waals surface area contributed by atoms with Gasteiger partial charge in [0.1, 0.15) is 0 Å². The SMILES string of the molecule is Cn1c(=O)c(=C/Nc2ccccc2)/c(=C/Sc2ccccc2)n(C)c1=O. The Balaban J connectivity index is 2.16. The standard InChI is InChI=1S/C20H19N3O2S/c1-22-18(14-26-16-11-7-4-8-12-16)17(19(24)23(2)20(22)25)13-21-15-9-5-3-6-10-15/h3-14,21H,1-2H3/b17-13+,18-14-. The van der Waals surface area contributed by atoms with Gasteiger partial charge >= 0.3 is 5.69 Å². The number of thioether (sulfide) groups is 1. The van der Waals surface area contributed by atoms with Crippen molar-refractivity contribution in [2.24, 2.45) is 14.1 Å². The summed E-state index contributed by atoms with van der Waals surface area (Å²) in [5.74, 6) is 0. The fraction of sp³-hybridized carbons (Fsp3) is 0.100. The molecule has 0 aliphatic heterocycles. The van der Waals surface area contributed by atoms with Gasteiger partial charge in [0.05, 0.1) is 10.6 Å². The summed E-state index contributed by atoms with van der Waals surface area (Å²) >= 11 is 1.47. The molecule has 0 spiro atoms. The van der Waals surface area contributed by atoms with Crippen molar-refractivity contribution in [3.63, 3.8) is 0 Å². The van der Waals surface area contributed by atoms with Crippen LogP contribution in [-0.2, 0) is 14.1 Å². The molecule has 3 rings (SSSR count). The molecule has 3 aromatic rings. The monoisotopic (exact) mass is 365 g/mol. The minimum Gasteiger partial charge on any atom is -0.361 e. The minimum atomic E-state index is -0.355. The molecule has 1 N–H and O–H groups in total. The quantitative estimate of drug-likeness (QED) is 0.712. The molecule has 0 saturated heterocycles. The van der Waals surface area contributed by atoms with Crippen LogP contribution in [0.15, 0.2) is 75.1 Å². The predicted molar refractivity (Wildman–Crippen MR) is 107 cm³/mol. The average Bonchev–Trinajstić information content (AvgIpc) is 2.69. The molecule has 5 nitrogen and oxygen atoms in total. The van der Waals surface area contributed by atoms with E-state index in [1.165, 1.54) is 23.4 Å². The summed E-state index contributed by atoms with van der Waals surface area (Å²) in [6.45, 7) is 0. The molecular formula is C20H19N3O2S. The molecule has 2 aromatic carbocycles. The smallest absolute Gasteiger partial charge is 0.330 e. The van der Waals surface area contributed by atoms with Crippen LogP contribution < -0.4 is 27.1 Å². The third kappa shape index (κ3) is 3.81. The fourth-order valence-electron chi connectivity index (χ4n) is 2.48. The highest BCUT2D eigenvalue weighted by Crippen LogP contribution is 2.17. The lowest BCUT2D eigenvalue weighted by Gasteiger charge is -2.06. The molecule has 0 aliphatic rings. The molecule has 0 saturated carbocycles. The van der Waals surface area contributed by atoms with Crippen molar-refractivity contribution in [2.45, 2.75) is 4.90 Å². The molecule has 26 heavy (non-hydrogen) atoms. The number of nitrogens with one attached hydrogen (secondary N) is 1. The Morgan fingerprint density at radius 1 is 0.885 bits per heavy atom. The third-order valence-electron chi connectivity index (χ3n) is 3.95. The number of hydrogen-bond donors (Lipinski definition) is 1. The Kier molecular flexibility index (Phi) is 5.43. The molecular weight excluding hydrogens is 346 g/mol. The summed E-state index contributed by atoms with van der Waals surface area (Å²) in [5.41, 5.74) is 0.174. The van der Waals surface area contributed by atoms with Crippen molar-refractivity contribution >= 4 is 29.1 Å². The maximum Gasteiger partial charge on any atom is 0.330 e. The van der Waals surface area contributed by atoms with E-state index in [2.05, 4.69) is 5.32 Å². The molecule has 0 aliphatic carbocycles. The van der Waals surface area contributed by atoms with Gasteiger partial charge in [-0.3, -0.25) is 13.9 Å². The molecule has 0 unspecified atom stereocenters. The molecule has 132 valence electrons. The van der Waals surface area contributed by atoms with Crippen molar-refractivity contribution < 1.29 is 0 Å². The van der Waals surface area contributed by atoms with Crippen molar-refractivity contribution in [3.8, 4) is 0 Å². The predicted octanol–water partition coefficient (Wildman–Crippen LogP) is 1.46. The zero-order valence-electron chi connectivity index (χ0n) is 14.5. The molecule has 6 heteroatoms. The fourth-order valence-corrected chi connectivity index (χ4v) is 3.32. The van der Waals surface area contributed by atoms with Crippen LogP contribution in [0.5, 0.6) is 0 Å². The summed E-state index contributed by atoms with van der Waals surface area (Å²) in [6, 6.07) is 19.4. The number of anilines is 1. The lowest BCUT2D eigenvalue weighted by molar-refractivity contribution is 0.660. The van der Waals surface area contributed by atoms with E-state index in [0.29, 0.717) is 10.6 Å². The van der Waals surface area contributed by atoms with Crippen LogP contribution in [-0.4, -0.2) is 9.13 Å². The van der Waals surface area contributed by atoms with Crippen LogP contribution in [0.3, 0.4) is 0 Å². The van der Waals surface area contributed by atoms with Crippen LogP contribution in [0.2, 0.25) is 0 Å². The first-order valence-electron chi connectivity index (χ1n) is 8.07. The van der Waals surface area contributed by atoms with Gasteiger partial charge in [-0.05, 0) is 24.3 Å². The number of rotatable bonds is 4. The number of nitrogens with zero attached hydrogens (tertiary/aromatic N) is 2. The van der Waals surface area contributed by atoms with E-state index in [9.17, 15) is 9.59 Å². The summed E-state index contributed by atoms with van der Waals surface area (Å²) in [5, 5.41) is 5.96. The van der Waals surface area contributed by atoms with Crippen LogP contribution in [0, 0.1) is 0 Å². The lowest BCUT2D eigenvalue weighted by Crippen LogP contribution is -2.57. The van der Waals surface area contributed by atoms with Crippen LogP contribution in [0.1, 0.15) is 0 Å². The largest absolute Gasteiger partial charge is 0.361 e. The lowest BCUT2D eigenvalue weighted by atomic mass is 10.3. The van der Waals surface area contributed by atoms with Gasteiger partial charge in [0.25, 0.3) is 5.56 Å². The number of benzene rings is 2. The number of para-hydroxylation sites is 1. The van der Waals surface area contributed by atoms with Gasteiger partial charge in [-0.2, -0.15) is 0 Å². The second-order valence-electron chi connectivity index (χ2n) is 5.71. The normalized spacial score (nSPS) is 12.4. The van der Waals surface area contributed by atoms with Gasteiger partial charge < -0.3 is 5.32 Å². The van der Waals surface area contributed by atoms with Crippen molar-refractivity contribution in [1.82, 2.24) is 9.13 Å². The van der Waals surface area contributed by atoms with Crippen molar-refractivity contribution in [2.75, 3.05) is 5.32 Å².